The third-order valence-electron chi connectivity index (χ3n) is 4.85. The van der Waals surface area contributed by atoms with Gasteiger partial charge < -0.3 is 28.4 Å². The molecule has 3 saturated heterocycles. The Morgan fingerprint density at radius 2 is 1.81 bits per heavy atom. The summed E-state index contributed by atoms with van der Waals surface area (Å²) in [5.74, 6) is -3.36. The molecule has 0 bridgehead atoms. The summed E-state index contributed by atoms with van der Waals surface area (Å²) in [6.45, 7) is 6.35. The summed E-state index contributed by atoms with van der Waals surface area (Å²) in [6, 6.07) is 7.99. The van der Waals surface area contributed by atoms with Crippen LogP contribution in [-0.2, 0) is 38.2 Å². The highest BCUT2D eigenvalue weighted by molar-refractivity contribution is 7.85. The van der Waals surface area contributed by atoms with Gasteiger partial charge in [-0.2, -0.15) is 13.1 Å². The molecule has 3 aliphatic rings. The molecule has 0 radical (unpaired) electrons. The summed E-state index contributed by atoms with van der Waals surface area (Å²) >= 11 is 0. The Morgan fingerprint density at radius 3 is 2.52 bits per heavy atom. The molecule has 0 aromatic heterocycles. The van der Waals surface area contributed by atoms with E-state index >= 15 is 0 Å². The third kappa shape index (κ3) is 4.85. The van der Waals surface area contributed by atoms with Crippen molar-refractivity contribution < 1.29 is 45.8 Å². The van der Waals surface area contributed by atoms with E-state index in [1.165, 1.54) is 12.1 Å². The zero-order chi connectivity index (χ0) is 22.5. The van der Waals surface area contributed by atoms with E-state index in [-0.39, 0.29) is 12.4 Å². The molecule has 4 atom stereocenters. The lowest BCUT2D eigenvalue weighted by Gasteiger charge is -2.40. The van der Waals surface area contributed by atoms with Crippen LogP contribution in [0.3, 0.4) is 0 Å². The molecule has 1 aromatic rings. The quantitative estimate of drug-likeness (QED) is 0.691. The Labute approximate surface area is 180 Å². The molecule has 1 N–H and O–H groups in total. The van der Waals surface area contributed by atoms with Crippen LogP contribution in [0.4, 0.5) is 4.79 Å². The molecular weight excluding hydrogens is 434 g/mol. The van der Waals surface area contributed by atoms with Gasteiger partial charge in [0.05, 0.1) is 6.61 Å². The number of amides is 1. The average Bonchev–Trinajstić information content (AvgIpc) is 3.12. The third-order valence-corrected chi connectivity index (χ3v) is 5.70. The van der Waals surface area contributed by atoms with E-state index < -0.39 is 58.7 Å². The molecule has 11 nitrogen and oxygen atoms in total. The number of para-hydroxylation sites is 1. The molecule has 3 heterocycles. The molecule has 0 aliphatic carbocycles. The van der Waals surface area contributed by atoms with Gasteiger partial charge in [-0.3, -0.25) is 0 Å². The van der Waals surface area contributed by atoms with Gasteiger partial charge in [0.2, 0.25) is 5.79 Å². The van der Waals surface area contributed by atoms with Crippen LogP contribution in [-0.4, -0.2) is 63.4 Å². The zero-order valence-electron chi connectivity index (χ0n) is 17.5. The van der Waals surface area contributed by atoms with Crippen molar-refractivity contribution >= 4 is 16.4 Å². The maximum absolute atomic E-state index is 12.3. The molecule has 3 fully saturated rings. The predicted octanol–water partition coefficient (Wildman–Crippen LogP) is 1.43. The van der Waals surface area contributed by atoms with Gasteiger partial charge in [-0.1, -0.05) is 18.2 Å². The number of carbonyl (C=O) groups is 1. The van der Waals surface area contributed by atoms with E-state index in [0.717, 1.165) is 0 Å². The number of hydrogen-bond acceptors (Lipinski definition) is 10. The van der Waals surface area contributed by atoms with Crippen LogP contribution in [0.25, 0.3) is 0 Å². The van der Waals surface area contributed by atoms with E-state index in [0.29, 0.717) is 0 Å². The van der Waals surface area contributed by atoms with Crippen LogP contribution in [0, 0.1) is 0 Å². The monoisotopic (exact) mass is 459 g/mol. The highest BCUT2D eigenvalue weighted by Gasteiger charge is 2.65. The Morgan fingerprint density at radius 1 is 1.10 bits per heavy atom. The lowest BCUT2D eigenvalue weighted by atomic mass is 9.98. The molecule has 12 heteroatoms. The smallest absolute Gasteiger partial charge is 0.410 e. The first-order valence-corrected chi connectivity index (χ1v) is 11.1. The first-order chi connectivity index (χ1) is 14.4. The second-order valence-corrected chi connectivity index (χ2v) is 9.67. The number of fused-ring (bicyclic) bond motifs is 3. The fraction of sp³-hybridized carbons (Fsp3) is 0.632. The SMILES string of the molecule is CC1(C)O[C@@H]2[C@@H](COC3(COS(=O)(=O)NC(=O)Oc4ccccc4)OC(C)(C)O[C@@H]23)O1. The Balaban J connectivity index is 1.44. The Hall–Kier alpha value is -1.80. The first-order valence-electron chi connectivity index (χ1n) is 9.70. The van der Waals surface area contributed by atoms with Gasteiger partial charge in [0.25, 0.3) is 0 Å². The van der Waals surface area contributed by atoms with Crippen molar-refractivity contribution in [3.8, 4) is 5.75 Å². The van der Waals surface area contributed by atoms with Crippen molar-refractivity contribution in [1.29, 1.82) is 0 Å². The molecule has 31 heavy (non-hydrogen) atoms. The molecule has 1 unspecified atom stereocenters. The van der Waals surface area contributed by atoms with Gasteiger partial charge in [-0.15, -0.1) is 0 Å². The van der Waals surface area contributed by atoms with Gasteiger partial charge in [-0.25, -0.2) is 8.98 Å². The molecule has 0 spiro atoms. The Bertz CT molecular complexity index is 934. The zero-order valence-corrected chi connectivity index (χ0v) is 18.3. The minimum Gasteiger partial charge on any atom is -0.410 e. The summed E-state index contributed by atoms with van der Waals surface area (Å²) in [7, 11) is -4.54. The molecule has 3 aliphatic heterocycles. The van der Waals surface area contributed by atoms with Gasteiger partial charge in [0, 0.05) is 0 Å². The van der Waals surface area contributed by atoms with E-state index in [2.05, 4.69) is 0 Å². The van der Waals surface area contributed by atoms with Crippen molar-refractivity contribution in [2.45, 2.75) is 63.4 Å². The second-order valence-electron chi connectivity index (χ2n) is 8.32. The summed E-state index contributed by atoms with van der Waals surface area (Å²) in [4.78, 5) is 11.9. The van der Waals surface area contributed by atoms with Crippen LogP contribution < -0.4 is 9.46 Å². The molecular formula is C19H25NO10S. The maximum Gasteiger partial charge on any atom is 0.428 e. The van der Waals surface area contributed by atoms with Gasteiger partial charge in [-0.05, 0) is 39.8 Å². The van der Waals surface area contributed by atoms with E-state index in [1.807, 2.05) is 0 Å². The fourth-order valence-electron chi connectivity index (χ4n) is 3.86. The normalized spacial score (nSPS) is 33.4. The molecule has 172 valence electrons. The van der Waals surface area contributed by atoms with Crippen molar-refractivity contribution in [1.82, 2.24) is 4.72 Å². The van der Waals surface area contributed by atoms with Crippen LogP contribution in [0.15, 0.2) is 30.3 Å². The number of benzene rings is 1. The maximum atomic E-state index is 12.3. The molecule has 4 rings (SSSR count). The standard InChI is InChI=1S/C19H25NO10S/c1-17(2)27-13-10-24-19(15(14(13)28-17)29-18(3,4)30-19)11-25-31(22,23)20-16(21)26-12-8-6-5-7-9-12/h5-9,13-15H,10-11H2,1-4H3,(H,20,21)/t13-,14-,15+,19?/m1/s1. The van der Waals surface area contributed by atoms with Crippen LogP contribution in [0.1, 0.15) is 27.7 Å². The predicted molar refractivity (Wildman–Crippen MR) is 103 cm³/mol. The second kappa shape index (κ2) is 7.66. The molecule has 1 amide bonds. The Kier molecular flexibility index (Phi) is 5.53. The molecule has 0 saturated carbocycles. The van der Waals surface area contributed by atoms with Crippen molar-refractivity contribution in [3.05, 3.63) is 30.3 Å². The van der Waals surface area contributed by atoms with Crippen LogP contribution >= 0.6 is 0 Å². The van der Waals surface area contributed by atoms with Gasteiger partial charge >= 0.3 is 16.4 Å². The van der Waals surface area contributed by atoms with E-state index in [1.54, 1.807) is 50.6 Å². The topological polar surface area (TPSA) is 128 Å². The van der Waals surface area contributed by atoms with Gasteiger partial charge in [0.1, 0.15) is 30.7 Å². The van der Waals surface area contributed by atoms with Crippen LogP contribution in [0.2, 0.25) is 0 Å². The summed E-state index contributed by atoms with van der Waals surface area (Å²) < 4.78 is 65.7. The minimum absolute atomic E-state index is 0.0803. The number of rotatable bonds is 5. The van der Waals surface area contributed by atoms with Crippen molar-refractivity contribution in [2.75, 3.05) is 13.2 Å². The summed E-state index contributed by atoms with van der Waals surface area (Å²) in [5.41, 5.74) is 0. The number of carbonyl (C=O) groups excluding carboxylic acids is 1. The highest BCUT2D eigenvalue weighted by Crippen LogP contribution is 2.47. The number of hydrogen-bond donors (Lipinski definition) is 1. The first kappa shape index (κ1) is 22.4. The minimum atomic E-state index is -4.54. The largest absolute Gasteiger partial charge is 0.428 e. The van der Waals surface area contributed by atoms with Crippen LogP contribution in [0.5, 0.6) is 5.75 Å². The molecule has 1 aromatic carbocycles. The van der Waals surface area contributed by atoms with E-state index in [4.69, 9.17) is 32.6 Å². The summed E-state index contributed by atoms with van der Waals surface area (Å²) in [6.07, 6.45) is -3.02. The van der Waals surface area contributed by atoms with E-state index in [9.17, 15) is 13.2 Å². The van der Waals surface area contributed by atoms with Crippen molar-refractivity contribution in [3.63, 3.8) is 0 Å². The highest BCUT2D eigenvalue weighted by atomic mass is 32.2. The van der Waals surface area contributed by atoms with Gasteiger partial charge in [0.15, 0.2) is 11.6 Å². The number of ether oxygens (including phenoxy) is 6. The summed E-state index contributed by atoms with van der Waals surface area (Å²) in [5, 5.41) is 0. The van der Waals surface area contributed by atoms with Crippen molar-refractivity contribution in [2.24, 2.45) is 0 Å². The lowest BCUT2D eigenvalue weighted by Crippen LogP contribution is -2.60. The lowest BCUT2D eigenvalue weighted by molar-refractivity contribution is -0.290. The number of nitrogens with one attached hydrogen (secondary N) is 1. The fourth-order valence-corrected chi connectivity index (χ4v) is 4.48. The average molecular weight is 459 g/mol.